The molecule has 3 rings (SSSR count). The third-order valence-electron chi connectivity index (χ3n) is 3.05. The lowest BCUT2D eigenvalue weighted by atomic mass is 10.1. The number of anilines is 2. The summed E-state index contributed by atoms with van der Waals surface area (Å²) in [6.07, 6.45) is 4.41. The second-order valence-corrected chi connectivity index (χ2v) is 5.25. The maximum Gasteiger partial charge on any atom is 0.185 e. The molecule has 1 aromatic carbocycles. The van der Waals surface area contributed by atoms with Crippen molar-refractivity contribution < 1.29 is 0 Å². The first-order chi connectivity index (χ1) is 8.34. The minimum Gasteiger partial charge on any atom is -0.398 e. The summed E-state index contributed by atoms with van der Waals surface area (Å²) in [6.45, 7) is 0.866. The van der Waals surface area contributed by atoms with Gasteiger partial charge in [0.1, 0.15) is 0 Å². The van der Waals surface area contributed by atoms with Crippen LogP contribution in [0.5, 0.6) is 0 Å². The summed E-state index contributed by atoms with van der Waals surface area (Å²) < 4.78 is 0. The number of nitrogen functional groups attached to an aromatic ring is 1. The van der Waals surface area contributed by atoms with E-state index in [1.165, 1.54) is 18.4 Å². The minimum absolute atomic E-state index is 0.653. The Morgan fingerprint density at radius 2 is 2.18 bits per heavy atom. The zero-order valence-electron chi connectivity index (χ0n) is 9.54. The standard InChI is InChI=1S/C13H15N3S/c14-12-4-2-1-3-10(12)9-16(11-5-6-11)13-15-7-8-17-13/h1-4,7-8,11H,5-6,9,14H2. The first-order valence-corrected chi connectivity index (χ1v) is 6.72. The predicted octanol–water partition coefficient (Wildman–Crippen LogP) is 2.89. The Morgan fingerprint density at radius 1 is 1.35 bits per heavy atom. The Morgan fingerprint density at radius 3 is 2.82 bits per heavy atom. The van der Waals surface area contributed by atoms with Crippen molar-refractivity contribution in [3.63, 3.8) is 0 Å². The van der Waals surface area contributed by atoms with Gasteiger partial charge < -0.3 is 10.6 Å². The molecule has 1 aromatic heterocycles. The zero-order chi connectivity index (χ0) is 11.7. The fraction of sp³-hybridized carbons (Fsp3) is 0.308. The van der Waals surface area contributed by atoms with Gasteiger partial charge in [0.2, 0.25) is 0 Å². The van der Waals surface area contributed by atoms with Crippen LogP contribution in [-0.2, 0) is 6.54 Å². The van der Waals surface area contributed by atoms with E-state index >= 15 is 0 Å². The van der Waals surface area contributed by atoms with Crippen LogP contribution in [0.15, 0.2) is 35.8 Å². The van der Waals surface area contributed by atoms with Gasteiger partial charge in [-0.15, -0.1) is 11.3 Å². The monoisotopic (exact) mass is 245 g/mol. The van der Waals surface area contributed by atoms with Crippen LogP contribution < -0.4 is 10.6 Å². The van der Waals surface area contributed by atoms with Crippen LogP contribution in [0.3, 0.4) is 0 Å². The van der Waals surface area contributed by atoms with E-state index in [2.05, 4.69) is 16.0 Å². The molecule has 1 saturated carbocycles. The van der Waals surface area contributed by atoms with E-state index in [4.69, 9.17) is 5.73 Å². The smallest absolute Gasteiger partial charge is 0.185 e. The van der Waals surface area contributed by atoms with Gasteiger partial charge in [-0.2, -0.15) is 0 Å². The third kappa shape index (κ3) is 2.26. The van der Waals surface area contributed by atoms with E-state index in [9.17, 15) is 0 Å². The molecule has 1 aliphatic rings. The van der Waals surface area contributed by atoms with Crippen LogP contribution in [-0.4, -0.2) is 11.0 Å². The Balaban J connectivity index is 1.84. The number of thiazole rings is 1. The average molecular weight is 245 g/mol. The first kappa shape index (κ1) is 10.6. The van der Waals surface area contributed by atoms with Gasteiger partial charge in [-0.3, -0.25) is 0 Å². The van der Waals surface area contributed by atoms with Crippen LogP contribution in [0.2, 0.25) is 0 Å². The highest BCUT2D eigenvalue weighted by atomic mass is 32.1. The zero-order valence-corrected chi connectivity index (χ0v) is 10.4. The van der Waals surface area contributed by atoms with Gasteiger partial charge in [-0.05, 0) is 24.5 Å². The Labute approximate surface area is 105 Å². The summed E-state index contributed by atoms with van der Waals surface area (Å²) in [5.41, 5.74) is 8.06. The van der Waals surface area contributed by atoms with Crippen molar-refractivity contribution in [3.8, 4) is 0 Å². The highest BCUT2D eigenvalue weighted by Gasteiger charge is 2.30. The topological polar surface area (TPSA) is 42.1 Å². The van der Waals surface area contributed by atoms with Crippen molar-refractivity contribution in [3.05, 3.63) is 41.4 Å². The number of nitrogens with zero attached hydrogens (tertiary/aromatic N) is 2. The number of hydrogen-bond donors (Lipinski definition) is 1. The van der Waals surface area contributed by atoms with Gasteiger partial charge in [0.25, 0.3) is 0 Å². The van der Waals surface area contributed by atoms with Crippen LogP contribution >= 0.6 is 11.3 Å². The summed E-state index contributed by atoms with van der Waals surface area (Å²) in [5.74, 6) is 0. The Hall–Kier alpha value is -1.55. The van der Waals surface area contributed by atoms with E-state index in [0.29, 0.717) is 6.04 Å². The molecule has 3 nitrogen and oxygen atoms in total. The Kier molecular flexibility index (Phi) is 2.73. The van der Waals surface area contributed by atoms with Gasteiger partial charge in [-0.25, -0.2) is 4.98 Å². The SMILES string of the molecule is Nc1ccccc1CN(c1nccs1)C1CC1. The average Bonchev–Trinajstić information content (AvgIpc) is 3.03. The van der Waals surface area contributed by atoms with Crippen LogP contribution in [0.25, 0.3) is 0 Å². The maximum atomic E-state index is 6.00. The summed E-state index contributed by atoms with van der Waals surface area (Å²) in [6, 6.07) is 8.73. The molecule has 0 radical (unpaired) electrons. The normalized spacial score (nSPS) is 14.8. The quantitative estimate of drug-likeness (QED) is 0.842. The molecular weight excluding hydrogens is 230 g/mol. The van der Waals surface area contributed by atoms with Gasteiger partial charge in [0.15, 0.2) is 5.13 Å². The van der Waals surface area contributed by atoms with Crippen molar-refractivity contribution in [2.75, 3.05) is 10.6 Å². The lowest BCUT2D eigenvalue weighted by Crippen LogP contribution is -2.25. The fourth-order valence-electron chi connectivity index (χ4n) is 1.96. The molecule has 88 valence electrons. The van der Waals surface area contributed by atoms with Crippen molar-refractivity contribution in [2.24, 2.45) is 0 Å². The van der Waals surface area contributed by atoms with Crippen molar-refractivity contribution >= 4 is 22.2 Å². The first-order valence-electron chi connectivity index (χ1n) is 5.84. The molecule has 0 saturated heterocycles. The molecule has 0 atom stereocenters. The highest BCUT2D eigenvalue weighted by molar-refractivity contribution is 7.13. The van der Waals surface area contributed by atoms with Crippen LogP contribution in [0.1, 0.15) is 18.4 Å². The van der Waals surface area contributed by atoms with Gasteiger partial charge >= 0.3 is 0 Å². The lowest BCUT2D eigenvalue weighted by Gasteiger charge is -2.22. The molecule has 0 unspecified atom stereocenters. The minimum atomic E-state index is 0.653. The molecule has 1 aliphatic carbocycles. The summed E-state index contributed by atoms with van der Waals surface area (Å²) >= 11 is 1.70. The number of para-hydroxylation sites is 1. The van der Waals surface area contributed by atoms with Crippen LogP contribution in [0, 0.1) is 0 Å². The largest absolute Gasteiger partial charge is 0.398 e. The number of rotatable bonds is 4. The van der Waals surface area contributed by atoms with E-state index in [1.54, 1.807) is 11.3 Å². The fourth-order valence-corrected chi connectivity index (χ4v) is 2.67. The van der Waals surface area contributed by atoms with E-state index in [1.807, 2.05) is 29.8 Å². The number of benzene rings is 1. The third-order valence-corrected chi connectivity index (χ3v) is 3.86. The number of hydrogen-bond acceptors (Lipinski definition) is 4. The second-order valence-electron chi connectivity index (χ2n) is 4.37. The van der Waals surface area contributed by atoms with E-state index in [0.717, 1.165) is 17.4 Å². The van der Waals surface area contributed by atoms with Crippen molar-refractivity contribution in [2.45, 2.75) is 25.4 Å². The summed E-state index contributed by atoms with van der Waals surface area (Å²) in [5, 5.41) is 3.13. The van der Waals surface area contributed by atoms with Gasteiger partial charge in [0, 0.05) is 29.9 Å². The van der Waals surface area contributed by atoms with Crippen LogP contribution in [0.4, 0.5) is 10.8 Å². The molecule has 0 bridgehead atoms. The van der Waals surface area contributed by atoms with E-state index in [-0.39, 0.29) is 0 Å². The highest BCUT2D eigenvalue weighted by Crippen LogP contribution is 2.34. The molecular formula is C13H15N3S. The number of nitrogens with two attached hydrogens (primary N) is 1. The lowest BCUT2D eigenvalue weighted by molar-refractivity contribution is 0.791. The molecule has 0 amide bonds. The Bertz CT molecular complexity index is 491. The molecule has 17 heavy (non-hydrogen) atoms. The van der Waals surface area contributed by atoms with Gasteiger partial charge in [0.05, 0.1) is 0 Å². The summed E-state index contributed by atoms with van der Waals surface area (Å²) in [4.78, 5) is 6.78. The van der Waals surface area contributed by atoms with Crippen molar-refractivity contribution in [1.82, 2.24) is 4.98 Å². The number of aromatic nitrogens is 1. The van der Waals surface area contributed by atoms with E-state index < -0.39 is 0 Å². The maximum absolute atomic E-state index is 6.00. The molecule has 1 fully saturated rings. The molecule has 1 heterocycles. The molecule has 2 aromatic rings. The predicted molar refractivity (Wildman–Crippen MR) is 72.2 cm³/mol. The summed E-state index contributed by atoms with van der Waals surface area (Å²) in [7, 11) is 0. The molecule has 0 spiro atoms. The molecule has 0 aliphatic heterocycles. The second kappa shape index (κ2) is 4.37. The van der Waals surface area contributed by atoms with Crippen molar-refractivity contribution in [1.29, 1.82) is 0 Å². The molecule has 2 N–H and O–H groups in total. The van der Waals surface area contributed by atoms with Gasteiger partial charge in [-0.1, -0.05) is 18.2 Å². The molecule has 4 heteroatoms.